The third-order valence-corrected chi connectivity index (χ3v) is 5.59. The van der Waals surface area contributed by atoms with Gasteiger partial charge in [0.1, 0.15) is 12.0 Å². The molecule has 0 radical (unpaired) electrons. The number of amides is 1. The van der Waals surface area contributed by atoms with Crippen molar-refractivity contribution in [3.05, 3.63) is 35.9 Å². The number of aliphatic carboxylic acids is 1. The number of hydrogen-bond donors (Lipinski definition) is 1. The monoisotopic (exact) mass is 305 g/mol. The molecule has 0 aliphatic carbocycles. The Balaban J connectivity index is 1.89. The van der Waals surface area contributed by atoms with Gasteiger partial charge in [0.05, 0.1) is 5.37 Å². The first kappa shape index (κ1) is 14.1. The Morgan fingerprint density at radius 3 is 2.43 bits per heavy atom. The summed E-state index contributed by atoms with van der Waals surface area (Å²) in [7, 11) is 0. The van der Waals surface area contributed by atoms with E-state index in [2.05, 4.69) is 0 Å². The van der Waals surface area contributed by atoms with Crippen molar-refractivity contribution in [2.45, 2.75) is 30.0 Å². The zero-order valence-electron chi connectivity index (χ0n) is 11.6. The highest BCUT2D eigenvalue weighted by Crippen LogP contribution is 2.53. The van der Waals surface area contributed by atoms with Gasteiger partial charge in [-0.05, 0) is 13.8 Å². The fourth-order valence-corrected chi connectivity index (χ4v) is 4.72. The van der Waals surface area contributed by atoms with Gasteiger partial charge in [0.25, 0.3) is 0 Å². The molecule has 0 saturated carbocycles. The lowest BCUT2D eigenvalue weighted by Crippen LogP contribution is -2.64. The van der Waals surface area contributed by atoms with E-state index in [0.29, 0.717) is 5.56 Å². The number of rotatable bonds is 3. The average molecular weight is 305 g/mol. The van der Waals surface area contributed by atoms with Crippen molar-refractivity contribution in [3.63, 3.8) is 0 Å². The number of Topliss-reactive ketones (excluding diaryl/α,β-unsaturated/α-hetero) is 1. The van der Waals surface area contributed by atoms with E-state index >= 15 is 0 Å². The predicted octanol–water partition coefficient (Wildman–Crippen LogP) is 1.63. The number of β-lactam (4-membered cyclic amide) rings is 1. The number of ketones is 1. The smallest absolute Gasteiger partial charge is 0.327 e. The minimum Gasteiger partial charge on any atom is -0.480 e. The molecule has 2 saturated heterocycles. The maximum absolute atomic E-state index is 12.5. The fourth-order valence-electron chi connectivity index (χ4n) is 3.04. The molecule has 2 heterocycles. The average Bonchev–Trinajstić information content (AvgIpc) is 2.68. The van der Waals surface area contributed by atoms with Crippen LogP contribution in [0.4, 0.5) is 0 Å². The van der Waals surface area contributed by atoms with Gasteiger partial charge >= 0.3 is 5.97 Å². The first-order valence-corrected chi connectivity index (χ1v) is 7.54. The molecule has 2 aliphatic heterocycles. The molecule has 6 heteroatoms. The molecular weight excluding hydrogens is 290 g/mol. The van der Waals surface area contributed by atoms with Crippen LogP contribution in [0, 0.1) is 5.92 Å². The summed E-state index contributed by atoms with van der Waals surface area (Å²) < 4.78 is -0.599. The van der Waals surface area contributed by atoms with Crippen LogP contribution < -0.4 is 0 Å². The van der Waals surface area contributed by atoms with Crippen molar-refractivity contribution in [1.29, 1.82) is 0 Å². The van der Waals surface area contributed by atoms with Crippen molar-refractivity contribution in [1.82, 2.24) is 4.90 Å². The molecule has 3 rings (SSSR count). The van der Waals surface area contributed by atoms with Gasteiger partial charge in [-0.1, -0.05) is 30.3 Å². The van der Waals surface area contributed by atoms with Crippen molar-refractivity contribution in [3.8, 4) is 0 Å². The molecular formula is C15H15NO4S. The van der Waals surface area contributed by atoms with Crippen LogP contribution in [0.3, 0.4) is 0 Å². The Labute approximate surface area is 126 Å². The van der Waals surface area contributed by atoms with Gasteiger partial charge in [0, 0.05) is 10.3 Å². The molecule has 1 aromatic rings. The molecule has 0 spiro atoms. The number of fused-ring (bicyclic) bond motifs is 1. The van der Waals surface area contributed by atoms with Crippen molar-refractivity contribution >= 4 is 29.4 Å². The van der Waals surface area contributed by atoms with Gasteiger partial charge in [0.15, 0.2) is 5.78 Å². The van der Waals surface area contributed by atoms with Gasteiger partial charge in [-0.15, -0.1) is 11.8 Å². The van der Waals surface area contributed by atoms with Crippen molar-refractivity contribution in [2.24, 2.45) is 5.92 Å². The third-order valence-electron chi connectivity index (χ3n) is 4.02. The van der Waals surface area contributed by atoms with E-state index < -0.39 is 22.7 Å². The molecule has 3 atom stereocenters. The summed E-state index contributed by atoms with van der Waals surface area (Å²) in [6.07, 6.45) is 0. The number of carbonyl (C=O) groups is 3. The zero-order valence-corrected chi connectivity index (χ0v) is 12.5. The molecule has 0 aromatic heterocycles. The van der Waals surface area contributed by atoms with Crippen LogP contribution in [-0.2, 0) is 9.59 Å². The number of hydrogen-bond acceptors (Lipinski definition) is 4. The molecule has 21 heavy (non-hydrogen) atoms. The minimum atomic E-state index is -1.02. The number of carboxylic acid groups (broad SMARTS) is 1. The summed E-state index contributed by atoms with van der Waals surface area (Å²) in [6.45, 7) is 3.60. The first-order valence-electron chi connectivity index (χ1n) is 6.66. The zero-order chi connectivity index (χ0) is 15.4. The second-order valence-corrected chi connectivity index (χ2v) is 7.58. The van der Waals surface area contributed by atoms with Crippen molar-refractivity contribution in [2.75, 3.05) is 0 Å². The Kier molecular flexibility index (Phi) is 3.09. The van der Waals surface area contributed by atoms with Crippen LogP contribution in [0.5, 0.6) is 0 Å². The summed E-state index contributed by atoms with van der Waals surface area (Å²) in [5.74, 6) is -2.38. The predicted molar refractivity (Wildman–Crippen MR) is 78.0 cm³/mol. The molecule has 2 unspecified atom stereocenters. The molecule has 1 amide bonds. The Morgan fingerprint density at radius 2 is 1.86 bits per heavy atom. The lowest BCUT2D eigenvalue weighted by Gasteiger charge is -2.42. The van der Waals surface area contributed by atoms with E-state index in [1.54, 1.807) is 44.2 Å². The van der Waals surface area contributed by atoms with Gasteiger partial charge < -0.3 is 10.0 Å². The quantitative estimate of drug-likeness (QED) is 0.522. The second kappa shape index (κ2) is 4.59. The number of thioether (sulfide) groups is 1. The third kappa shape index (κ3) is 1.97. The lowest BCUT2D eigenvalue weighted by molar-refractivity contribution is -0.161. The maximum Gasteiger partial charge on any atom is 0.327 e. The normalized spacial score (nSPS) is 29.7. The maximum atomic E-state index is 12.5. The molecule has 1 N–H and O–H groups in total. The van der Waals surface area contributed by atoms with Crippen LogP contribution in [0.2, 0.25) is 0 Å². The molecule has 1 aromatic carbocycles. The van der Waals surface area contributed by atoms with E-state index in [0.717, 1.165) is 0 Å². The first-order chi connectivity index (χ1) is 9.84. The molecule has 5 nitrogen and oxygen atoms in total. The van der Waals surface area contributed by atoms with Crippen LogP contribution in [0.25, 0.3) is 0 Å². The largest absolute Gasteiger partial charge is 0.480 e. The van der Waals surface area contributed by atoms with Gasteiger partial charge in [-0.2, -0.15) is 0 Å². The Bertz CT molecular complexity index is 628. The number of nitrogens with zero attached hydrogens (tertiary/aromatic N) is 1. The number of carboxylic acids is 1. The van der Waals surface area contributed by atoms with E-state index in [9.17, 15) is 19.5 Å². The van der Waals surface area contributed by atoms with E-state index in [1.807, 2.05) is 0 Å². The molecule has 0 bridgehead atoms. The Morgan fingerprint density at radius 1 is 1.24 bits per heavy atom. The Hall–Kier alpha value is -1.82. The highest BCUT2D eigenvalue weighted by Gasteiger charge is 2.65. The van der Waals surface area contributed by atoms with Crippen LogP contribution >= 0.6 is 11.8 Å². The van der Waals surface area contributed by atoms with Gasteiger partial charge in [0.2, 0.25) is 5.91 Å². The lowest BCUT2D eigenvalue weighted by atomic mass is 9.86. The summed E-state index contributed by atoms with van der Waals surface area (Å²) in [5.41, 5.74) is 0.493. The van der Waals surface area contributed by atoms with Crippen LogP contribution in [0.1, 0.15) is 24.2 Å². The summed E-state index contributed by atoms with van der Waals surface area (Å²) >= 11 is 1.39. The summed E-state index contributed by atoms with van der Waals surface area (Å²) in [5, 5.41) is 8.96. The molecule has 2 aliphatic rings. The van der Waals surface area contributed by atoms with Gasteiger partial charge in [-0.3, -0.25) is 9.59 Å². The standard InChI is InChI=1S/C15H15NO4S/c1-15(2)11(14(19)20)16-12(18)9(13(16)21-15)10(17)8-6-4-3-5-7-8/h3-7,9,11,13H,1-2H3,(H,19,20)/t9?,11?,13-/m1/s1. The SMILES string of the molecule is CC1(C)S[C@@H]2C(C(=O)c3ccccc3)C(=O)N2C1C(=O)O. The van der Waals surface area contributed by atoms with E-state index in [4.69, 9.17) is 0 Å². The fraction of sp³-hybridized carbons (Fsp3) is 0.400. The topological polar surface area (TPSA) is 74.7 Å². The van der Waals surface area contributed by atoms with Crippen LogP contribution in [0.15, 0.2) is 30.3 Å². The van der Waals surface area contributed by atoms with Gasteiger partial charge in [-0.25, -0.2) is 4.79 Å². The molecule has 2 fully saturated rings. The van der Waals surface area contributed by atoms with Crippen LogP contribution in [-0.4, -0.2) is 43.8 Å². The van der Waals surface area contributed by atoms with E-state index in [1.165, 1.54) is 16.7 Å². The summed E-state index contributed by atoms with van der Waals surface area (Å²) in [4.78, 5) is 37.5. The number of benzene rings is 1. The van der Waals surface area contributed by atoms with Crippen molar-refractivity contribution < 1.29 is 19.5 Å². The molecule has 110 valence electrons. The second-order valence-electron chi connectivity index (χ2n) is 5.81. The minimum absolute atomic E-state index is 0.226. The highest BCUT2D eigenvalue weighted by molar-refractivity contribution is 8.01. The number of carbonyl (C=O) groups excluding carboxylic acids is 2. The van der Waals surface area contributed by atoms with E-state index in [-0.39, 0.29) is 17.1 Å². The summed E-state index contributed by atoms with van der Waals surface area (Å²) in [6, 6.07) is 7.79. The highest BCUT2D eigenvalue weighted by atomic mass is 32.2.